The van der Waals surface area contributed by atoms with Gasteiger partial charge in [0.2, 0.25) is 26.6 Å². The molecule has 0 radical (unpaired) electrons. The first-order chi connectivity index (χ1) is 16.4. The highest BCUT2D eigenvalue weighted by atomic mass is 35.5. The number of hydrogen-bond donors (Lipinski definition) is 1. The van der Waals surface area contributed by atoms with Crippen molar-refractivity contribution in [3.8, 4) is 23.0 Å². The molecule has 0 amide bonds. The lowest BCUT2D eigenvalue weighted by atomic mass is 10.2. The molecule has 0 bridgehead atoms. The van der Waals surface area contributed by atoms with Gasteiger partial charge < -0.3 is 24.1 Å². The number of nitrogens with zero attached hydrogens (tertiary/aromatic N) is 2. The Morgan fingerprint density at radius 2 is 1.79 bits per heavy atom. The van der Waals surface area contributed by atoms with E-state index in [0.717, 1.165) is 26.1 Å². The van der Waals surface area contributed by atoms with Crippen LogP contribution in [0.5, 0.6) is 11.5 Å². The molecule has 0 atom stereocenters. The van der Waals surface area contributed by atoms with Crippen molar-refractivity contribution in [1.29, 1.82) is 0 Å². The third-order valence-corrected chi connectivity index (χ3v) is 7.60. The number of hydrogen-bond acceptors (Lipinski definition) is 8. The molecule has 2 heterocycles. The summed E-state index contributed by atoms with van der Waals surface area (Å²) >= 11 is 6.32. The van der Waals surface area contributed by atoms with Crippen molar-refractivity contribution >= 4 is 27.3 Å². The third kappa shape index (κ3) is 5.16. The fourth-order valence-corrected chi connectivity index (χ4v) is 5.21. The standard InChI is InChI=1S/C24H28ClN3O5S/c1-3-28(4-2)13-7-12-26-23-24(27-22(33-23)18-8-5-6-9-19(18)25)34(29,30)17-10-11-20-21(16-17)32-15-14-31-20/h5-6,8-11,16,26H,3-4,7,12-15H2,1-2H3. The third-order valence-electron chi connectivity index (χ3n) is 5.61. The largest absolute Gasteiger partial charge is 0.486 e. The highest BCUT2D eigenvalue weighted by molar-refractivity contribution is 7.91. The van der Waals surface area contributed by atoms with E-state index in [9.17, 15) is 8.42 Å². The topological polar surface area (TPSA) is 93.9 Å². The van der Waals surface area contributed by atoms with E-state index in [1.54, 1.807) is 30.3 Å². The van der Waals surface area contributed by atoms with Crippen LogP contribution in [-0.2, 0) is 9.84 Å². The molecule has 1 aromatic heterocycles. The molecule has 1 aliphatic rings. The minimum Gasteiger partial charge on any atom is -0.486 e. The van der Waals surface area contributed by atoms with Crippen LogP contribution in [-0.4, -0.2) is 57.7 Å². The molecule has 34 heavy (non-hydrogen) atoms. The van der Waals surface area contributed by atoms with Gasteiger partial charge in [-0.05, 0) is 50.3 Å². The summed E-state index contributed by atoms with van der Waals surface area (Å²) in [6, 6.07) is 11.5. The van der Waals surface area contributed by atoms with E-state index in [-0.39, 0.29) is 21.7 Å². The van der Waals surface area contributed by atoms with Crippen LogP contribution in [0, 0.1) is 0 Å². The second-order valence-corrected chi connectivity index (χ2v) is 10.0. The number of halogens is 1. The Kier molecular flexibility index (Phi) is 7.65. The van der Waals surface area contributed by atoms with E-state index in [0.29, 0.717) is 41.8 Å². The lowest BCUT2D eigenvalue weighted by Gasteiger charge is -2.18. The first kappa shape index (κ1) is 24.4. The second-order valence-electron chi connectivity index (χ2n) is 7.75. The molecule has 8 nitrogen and oxygen atoms in total. The van der Waals surface area contributed by atoms with Crippen molar-refractivity contribution in [2.24, 2.45) is 0 Å². The molecule has 182 valence electrons. The minimum atomic E-state index is -4.02. The highest BCUT2D eigenvalue weighted by Gasteiger charge is 2.30. The first-order valence-electron chi connectivity index (χ1n) is 11.3. The normalized spacial score (nSPS) is 13.3. The summed E-state index contributed by atoms with van der Waals surface area (Å²) < 4.78 is 44.2. The van der Waals surface area contributed by atoms with Gasteiger partial charge in [0.15, 0.2) is 11.5 Å². The Labute approximate surface area is 204 Å². The van der Waals surface area contributed by atoms with Crippen molar-refractivity contribution in [1.82, 2.24) is 9.88 Å². The first-order valence-corrected chi connectivity index (χ1v) is 13.2. The van der Waals surface area contributed by atoms with Gasteiger partial charge in [0.25, 0.3) is 0 Å². The SMILES string of the molecule is CCN(CC)CCCNc1oc(-c2ccccc2Cl)nc1S(=O)(=O)c1ccc2c(c1)OCCO2. The summed E-state index contributed by atoms with van der Waals surface area (Å²) in [6.45, 7) is 8.33. The predicted octanol–water partition coefficient (Wildman–Crippen LogP) is 4.74. The number of rotatable bonds is 10. The maximum Gasteiger partial charge on any atom is 0.233 e. The van der Waals surface area contributed by atoms with Gasteiger partial charge in [0.1, 0.15) is 13.2 Å². The van der Waals surface area contributed by atoms with Crippen LogP contribution in [0.3, 0.4) is 0 Å². The van der Waals surface area contributed by atoms with E-state index in [1.807, 2.05) is 0 Å². The van der Waals surface area contributed by atoms with Crippen molar-refractivity contribution in [3.63, 3.8) is 0 Å². The maximum atomic E-state index is 13.6. The molecule has 10 heteroatoms. The Morgan fingerprint density at radius 1 is 1.06 bits per heavy atom. The molecule has 0 saturated carbocycles. The fourth-order valence-electron chi connectivity index (χ4n) is 3.70. The summed E-state index contributed by atoms with van der Waals surface area (Å²) in [6.07, 6.45) is 0.813. The van der Waals surface area contributed by atoms with E-state index in [1.165, 1.54) is 12.1 Å². The Bertz CT molecular complexity index is 1240. The number of fused-ring (bicyclic) bond motifs is 1. The van der Waals surface area contributed by atoms with Crippen LogP contribution in [0.25, 0.3) is 11.5 Å². The maximum absolute atomic E-state index is 13.6. The van der Waals surface area contributed by atoms with E-state index < -0.39 is 9.84 Å². The average Bonchev–Trinajstić information content (AvgIpc) is 3.29. The molecule has 0 fully saturated rings. The smallest absolute Gasteiger partial charge is 0.233 e. The lowest BCUT2D eigenvalue weighted by Crippen LogP contribution is -2.25. The summed E-state index contributed by atoms with van der Waals surface area (Å²) in [4.78, 5) is 6.70. The van der Waals surface area contributed by atoms with Crippen LogP contribution >= 0.6 is 11.6 Å². The zero-order valence-corrected chi connectivity index (χ0v) is 20.8. The van der Waals surface area contributed by atoms with Gasteiger partial charge in [-0.1, -0.05) is 37.6 Å². The highest BCUT2D eigenvalue weighted by Crippen LogP contribution is 2.38. The van der Waals surface area contributed by atoms with Crippen LogP contribution in [0.2, 0.25) is 5.02 Å². The van der Waals surface area contributed by atoms with Gasteiger partial charge in [0, 0.05) is 12.6 Å². The average molecular weight is 506 g/mol. The van der Waals surface area contributed by atoms with Gasteiger partial charge in [-0.3, -0.25) is 0 Å². The minimum absolute atomic E-state index is 0.0435. The van der Waals surface area contributed by atoms with E-state index in [2.05, 4.69) is 29.0 Å². The number of nitrogens with one attached hydrogen (secondary N) is 1. The molecule has 1 N–H and O–H groups in total. The van der Waals surface area contributed by atoms with Crippen molar-refractivity contribution < 1.29 is 22.3 Å². The van der Waals surface area contributed by atoms with Crippen molar-refractivity contribution in [2.45, 2.75) is 30.2 Å². The quantitative estimate of drug-likeness (QED) is 0.395. The van der Waals surface area contributed by atoms with Crippen LogP contribution in [0.15, 0.2) is 56.8 Å². The number of benzene rings is 2. The number of oxazole rings is 1. The summed E-state index contributed by atoms with van der Waals surface area (Å²) in [7, 11) is -4.02. The molecular weight excluding hydrogens is 478 g/mol. The van der Waals surface area contributed by atoms with Crippen molar-refractivity contribution in [2.75, 3.05) is 44.7 Å². The molecule has 0 aliphatic carbocycles. The molecule has 0 spiro atoms. The van der Waals surface area contributed by atoms with E-state index >= 15 is 0 Å². The van der Waals surface area contributed by atoms with E-state index in [4.69, 9.17) is 25.5 Å². The summed E-state index contributed by atoms with van der Waals surface area (Å²) in [5.74, 6) is 1.12. The van der Waals surface area contributed by atoms with Crippen LogP contribution in [0.4, 0.5) is 5.88 Å². The second kappa shape index (κ2) is 10.7. The zero-order valence-electron chi connectivity index (χ0n) is 19.2. The Hall–Kier alpha value is -2.75. The van der Waals surface area contributed by atoms with Gasteiger partial charge in [-0.2, -0.15) is 4.98 Å². The number of ether oxygens (including phenoxy) is 2. The van der Waals surface area contributed by atoms with Crippen LogP contribution < -0.4 is 14.8 Å². The van der Waals surface area contributed by atoms with Gasteiger partial charge in [0.05, 0.1) is 15.5 Å². The molecule has 2 aromatic carbocycles. The van der Waals surface area contributed by atoms with Crippen molar-refractivity contribution in [3.05, 3.63) is 47.5 Å². The number of sulfone groups is 1. The molecule has 4 rings (SSSR count). The van der Waals surface area contributed by atoms with Gasteiger partial charge in [-0.15, -0.1) is 0 Å². The zero-order chi connectivity index (χ0) is 24.1. The Balaban J connectivity index is 1.67. The van der Waals surface area contributed by atoms with Gasteiger partial charge in [-0.25, -0.2) is 8.42 Å². The predicted molar refractivity (Wildman–Crippen MR) is 131 cm³/mol. The monoisotopic (exact) mass is 505 g/mol. The molecule has 0 unspecified atom stereocenters. The Morgan fingerprint density at radius 3 is 2.53 bits per heavy atom. The molecule has 0 saturated heterocycles. The van der Waals surface area contributed by atoms with Crippen LogP contribution in [0.1, 0.15) is 20.3 Å². The number of aromatic nitrogens is 1. The fraction of sp³-hybridized carbons (Fsp3) is 0.375. The lowest BCUT2D eigenvalue weighted by molar-refractivity contribution is 0.171. The molecular formula is C24H28ClN3O5S. The summed E-state index contributed by atoms with van der Waals surface area (Å²) in [5.41, 5.74) is 0.513. The summed E-state index contributed by atoms with van der Waals surface area (Å²) in [5, 5.41) is 3.35. The van der Waals surface area contributed by atoms with Gasteiger partial charge >= 0.3 is 0 Å². The number of anilines is 1. The molecule has 3 aromatic rings. The molecule has 1 aliphatic heterocycles.